The highest BCUT2D eigenvalue weighted by Crippen LogP contribution is 2.07. The first kappa shape index (κ1) is 45.4. The molecule has 0 aliphatic carbocycles. The molecule has 204 valence electrons. The van der Waals surface area contributed by atoms with E-state index in [0.29, 0.717) is 0 Å². The molecule has 4 nitrogen and oxygen atoms in total. The molecule has 0 aromatic carbocycles. The van der Waals surface area contributed by atoms with Crippen molar-refractivity contribution in [1.29, 1.82) is 0 Å². The van der Waals surface area contributed by atoms with Crippen molar-refractivity contribution in [3.63, 3.8) is 0 Å². The fraction of sp³-hybridized carbons (Fsp3) is 1.00. The summed E-state index contributed by atoms with van der Waals surface area (Å²) in [4.78, 5) is 0. The summed E-state index contributed by atoms with van der Waals surface area (Å²) in [7, 11) is 0. The topological polar surface area (TPSA) is 67.6 Å². The first-order chi connectivity index (χ1) is 14.4. The standard InChI is InChI=1S/C18H39N.C4H10N2.2C2H6.2CH4.H2O/c1-3-5-7-9-11-13-15-17-19-18-16-14-12-10-8-6-4-2;1-2-6-4-3-5-1;2*1-2;;;/h19H,3-18H2,1-2H3;5-6H,1-4H2;2*1-2H3;2*1H4;1H2. The van der Waals surface area contributed by atoms with Crippen LogP contribution in [-0.4, -0.2) is 44.7 Å². The molecule has 1 saturated heterocycles. The molecule has 1 heterocycles. The fourth-order valence-corrected chi connectivity index (χ4v) is 3.14. The van der Waals surface area contributed by atoms with Crippen LogP contribution in [0.2, 0.25) is 0 Å². The zero-order valence-electron chi connectivity index (χ0n) is 22.1. The van der Waals surface area contributed by atoms with Gasteiger partial charge in [-0.1, -0.05) is 133 Å². The Labute approximate surface area is 207 Å². The van der Waals surface area contributed by atoms with E-state index in [2.05, 4.69) is 29.8 Å². The molecule has 0 aromatic rings. The van der Waals surface area contributed by atoms with E-state index < -0.39 is 0 Å². The van der Waals surface area contributed by atoms with Gasteiger partial charge in [-0.3, -0.25) is 0 Å². The van der Waals surface area contributed by atoms with E-state index >= 15 is 0 Å². The van der Waals surface area contributed by atoms with Gasteiger partial charge in [0.25, 0.3) is 0 Å². The number of piperazine rings is 1. The van der Waals surface area contributed by atoms with Crippen molar-refractivity contribution in [2.45, 2.75) is 146 Å². The minimum absolute atomic E-state index is 0. The van der Waals surface area contributed by atoms with Crippen LogP contribution in [0, 0.1) is 0 Å². The molecule has 1 aliphatic rings. The van der Waals surface area contributed by atoms with Crippen LogP contribution in [0.4, 0.5) is 0 Å². The van der Waals surface area contributed by atoms with Gasteiger partial charge in [-0.2, -0.15) is 0 Å². The van der Waals surface area contributed by atoms with Gasteiger partial charge in [-0.05, 0) is 25.9 Å². The second-order valence-corrected chi connectivity index (χ2v) is 7.49. The Bertz CT molecular complexity index is 197. The molecule has 0 spiro atoms. The fourth-order valence-electron chi connectivity index (χ4n) is 3.14. The minimum Gasteiger partial charge on any atom is -0.412 e. The Balaban J connectivity index is -0.000000109. The van der Waals surface area contributed by atoms with Crippen molar-refractivity contribution in [1.82, 2.24) is 16.0 Å². The van der Waals surface area contributed by atoms with Crippen molar-refractivity contribution in [2.75, 3.05) is 39.3 Å². The summed E-state index contributed by atoms with van der Waals surface area (Å²) in [6.07, 6.45) is 19.9. The third-order valence-corrected chi connectivity index (χ3v) is 4.87. The van der Waals surface area contributed by atoms with Gasteiger partial charge in [-0.15, -0.1) is 0 Å². The van der Waals surface area contributed by atoms with Gasteiger partial charge >= 0.3 is 0 Å². The lowest BCUT2D eigenvalue weighted by atomic mass is 10.1. The number of hydrogen-bond acceptors (Lipinski definition) is 3. The summed E-state index contributed by atoms with van der Waals surface area (Å²) in [5, 5.41) is 10.0. The normalized spacial score (nSPS) is 11.4. The van der Waals surface area contributed by atoms with Gasteiger partial charge in [0.1, 0.15) is 0 Å². The predicted molar refractivity (Wildman–Crippen MR) is 154 cm³/mol. The summed E-state index contributed by atoms with van der Waals surface area (Å²) in [6.45, 7) is 19.6. The van der Waals surface area contributed by atoms with Crippen molar-refractivity contribution in [2.24, 2.45) is 0 Å². The lowest BCUT2D eigenvalue weighted by molar-refractivity contribution is 0.534. The predicted octanol–water partition coefficient (Wildman–Crippen LogP) is 7.76. The molecule has 1 rings (SSSR count). The van der Waals surface area contributed by atoms with Crippen molar-refractivity contribution >= 4 is 0 Å². The van der Waals surface area contributed by atoms with Crippen LogP contribution in [0.25, 0.3) is 0 Å². The number of hydrogen-bond donors (Lipinski definition) is 3. The SMILES string of the molecule is C.C.C1CNCCN1.CC.CC.CCCCCCCCCNCCCCCCCCC.O. The molecule has 0 radical (unpaired) electrons. The third kappa shape index (κ3) is 52.0. The quantitative estimate of drug-likeness (QED) is 0.204. The summed E-state index contributed by atoms with van der Waals surface area (Å²) in [5.74, 6) is 0. The Morgan fingerprint density at radius 3 is 0.969 bits per heavy atom. The maximum atomic E-state index is 3.59. The molecule has 1 aliphatic heterocycles. The zero-order valence-corrected chi connectivity index (χ0v) is 22.1. The van der Waals surface area contributed by atoms with Crippen LogP contribution < -0.4 is 16.0 Å². The smallest absolute Gasteiger partial charge is 0.00772 e. The van der Waals surface area contributed by atoms with E-state index in [4.69, 9.17) is 0 Å². The minimum atomic E-state index is 0. The van der Waals surface area contributed by atoms with Crippen LogP contribution in [0.15, 0.2) is 0 Å². The summed E-state index contributed by atoms with van der Waals surface area (Å²) in [5.41, 5.74) is 0. The largest absolute Gasteiger partial charge is 0.412 e. The summed E-state index contributed by atoms with van der Waals surface area (Å²) < 4.78 is 0. The van der Waals surface area contributed by atoms with E-state index in [9.17, 15) is 0 Å². The lowest BCUT2D eigenvalue weighted by Gasteiger charge is -2.11. The molecule has 1 fully saturated rings. The maximum Gasteiger partial charge on any atom is 0.00772 e. The van der Waals surface area contributed by atoms with Crippen LogP contribution >= 0.6 is 0 Å². The molecule has 0 unspecified atom stereocenters. The molecule has 0 aromatic heterocycles. The van der Waals surface area contributed by atoms with Crippen LogP contribution in [0.3, 0.4) is 0 Å². The average Bonchev–Trinajstić information content (AvgIpc) is 2.81. The first-order valence-electron chi connectivity index (χ1n) is 13.5. The Morgan fingerprint density at radius 2 is 0.719 bits per heavy atom. The van der Waals surface area contributed by atoms with Crippen LogP contribution in [-0.2, 0) is 0 Å². The van der Waals surface area contributed by atoms with Crippen molar-refractivity contribution < 1.29 is 5.48 Å². The van der Waals surface area contributed by atoms with E-state index in [1.54, 1.807) is 0 Å². The van der Waals surface area contributed by atoms with Gasteiger partial charge in [0, 0.05) is 26.2 Å². The second-order valence-electron chi connectivity index (χ2n) is 7.49. The molecule has 4 heteroatoms. The molecule has 32 heavy (non-hydrogen) atoms. The number of nitrogens with one attached hydrogen (secondary N) is 3. The molecule has 0 atom stereocenters. The Hall–Kier alpha value is -0.160. The highest BCUT2D eigenvalue weighted by molar-refractivity contribution is 4.59. The Morgan fingerprint density at radius 1 is 0.469 bits per heavy atom. The van der Waals surface area contributed by atoms with Crippen molar-refractivity contribution in [3.8, 4) is 0 Å². The maximum absolute atomic E-state index is 3.59. The molecule has 0 amide bonds. The van der Waals surface area contributed by atoms with Gasteiger partial charge in [0.15, 0.2) is 0 Å². The molecular weight excluding hydrogens is 394 g/mol. The first-order valence-corrected chi connectivity index (χ1v) is 13.5. The third-order valence-electron chi connectivity index (χ3n) is 4.87. The van der Waals surface area contributed by atoms with Gasteiger partial charge in [-0.25, -0.2) is 0 Å². The average molecular weight is 466 g/mol. The van der Waals surface area contributed by atoms with E-state index in [1.165, 1.54) is 103 Å². The second kappa shape index (κ2) is 52.6. The number of rotatable bonds is 16. The van der Waals surface area contributed by atoms with E-state index in [1.807, 2.05) is 27.7 Å². The van der Waals surface area contributed by atoms with E-state index in [0.717, 1.165) is 26.2 Å². The van der Waals surface area contributed by atoms with Crippen LogP contribution in [0.5, 0.6) is 0 Å². The van der Waals surface area contributed by atoms with Crippen LogP contribution in [0.1, 0.15) is 146 Å². The summed E-state index contributed by atoms with van der Waals surface area (Å²) >= 11 is 0. The highest BCUT2D eigenvalue weighted by atomic mass is 16.0. The molecule has 0 bridgehead atoms. The molecular formula is C28H71N3O. The highest BCUT2D eigenvalue weighted by Gasteiger charge is 1.93. The molecule has 5 N–H and O–H groups in total. The monoisotopic (exact) mass is 466 g/mol. The van der Waals surface area contributed by atoms with Gasteiger partial charge in [0.05, 0.1) is 0 Å². The Kier molecular flexibility index (Phi) is 74.6. The summed E-state index contributed by atoms with van der Waals surface area (Å²) in [6, 6.07) is 0. The molecule has 0 saturated carbocycles. The van der Waals surface area contributed by atoms with Gasteiger partial charge in [0.2, 0.25) is 0 Å². The van der Waals surface area contributed by atoms with Gasteiger partial charge < -0.3 is 21.4 Å². The van der Waals surface area contributed by atoms with Crippen molar-refractivity contribution in [3.05, 3.63) is 0 Å². The lowest BCUT2D eigenvalue weighted by Crippen LogP contribution is -2.39. The zero-order chi connectivity index (χ0) is 22.3. The van der Waals surface area contributed by atoms with E-state index in [-0.39, 0.29) is 20.3 Å². The number of unbranched alkanes of at least 4 members (excludes halogenated alkanes) is 12.